The van der Waals surface area contributed by atoms with Crippen LogP contribution in [0.1, 0.15) is 27.5 Å². The van der Waals surface area contributed by atoms with Crippen LogP contribution in [-0.4, -0.2) is 37.5 Å². The molecule has 0 aliphatic carbocycles. The van der Waals surface area contributed by atoms with Gasteiger partial charge in [0.05, 0.1) is 25.8 Å². The van der Waals surface area contributed by atoms with E-state index in [0.29, 0.717) is 17.0 Å². The highest BCUT2D eigenvalue weighted by Crippen LogP contribution is 2.39. The summed E-state index contributed by atoms with van der Waals surface area (Å²) in [5.74, 6) is -0.596. The predicted octanol–water partition coefficient (Wildman–Crippen LogP) is 4.03. The average Bonchev–Trinajstić information content (AvgIpc) is 2.94. The maximum absolute atomic E-state index is 14.2. The molecule has 4 rings (SSSR count). The van der Waals surface area contributed by atoms with Crippen LogP contribution in [0.15, 0.2) is 66.7 Å². The van der Waals surface area contributed by atoms with Crippen LogP contribution in [0.5, 0.6) is 11.5 Å². The number of hydrogen-bond acceptors (Lipinski definition) is 4. The number of halogens is 1. The second-order valence-corrected chi connectivity index (χ2v) is 7.07. The van der Waals surface area contributed by atoms with Crippen LogP contribution < -0.4 is 14.8 Å². The third-order valence-corrected chi connectivity index (χ3v) is 5.22. The van der Waals surface area contributed by atoms with Crippen molar-refractivity contribution in [1.29, 1.82) is 0 Å². The molecule has 1 aliphatic heterocycles. The first-order valence-electron chi connectivity index (χ1n) is 9.69. The Bertz CT molecular complexity index is 1130. The molecule has 158 valence electrons. The van der Waals surface area contributed by atoms with Gasteiger partial charge in [0, 0.05) is 11.3 Å². The first-order chi connectivity index (χ1) is 15.0. The van der Waals surface area contributed by atoms with Gasteiger partial charge in [-0.3, -0.25) is 9.59 Å². The van der Waals surface area contributed by atoms with Crippen LogP contribution >= 0.6 is 0 Å². The van der Waals surface area contributed by atoms with Crippen LogP contribution in [0, 0.1) is 5.82 Å². The highest BCUT2D eigenvalue weighted by atomic mass is 19.1. The number of methoxy groups -OCH3 is 2. The van der Waals surface area contributed by atoms with Crippen molar-refractivity contribution >= 4 is 17.5 Å². The monoisotopic (exact) mass is 420 g/mol. The molecule has 0 unspecified atom stereocenters. The molecular weight excluding hydrogens is 399 g/mol. The Morgan fingerprint density at radius 3 is 2.52 bits per heavy atom. The van der Waals surface area contributed by atoms with Gasteiger partial charge in [-0.2, -0.15) is 0 Å². The van der Waals surface area contributed by atoms with Gasteiger partial charge in [0.2, 0.25) is 5.91 Å². The summed E-state index contributed by atoms with van der Waals surface area (Å²) in [7, 11) is 2.93. The molecule has 0 fully saturated rings. The van der Waals surface area contributed by atoms with E-state index >= 15 is 0 Å². The van der Waals surface area contributed by atoms with Gasteiger partial charge in [-0.25, -0.2) is 4.39 Å². The van der Waals surface area contributed by atoms with Crippen LogP contribution in [0.25, 0.3) is 0 Å². The molecule has 0 saturated carbocycles. The number of amides is 2. The quantitative estimate of drug-likeness (QED) is 0.692. The normalized spacial score (nSPS) is 15.5. The fraction of sp³-hybridized carbons (Fsp3) is 0.167. The Kier molecular flexibility index (Phi) is 5.58. The van der Waals surface area contributed by atoms with E-state index in [9.17, 15) is 14.0 Å². The topological polar surface area (TPSA) is 67.9 Å². The number of carbonyl (C=O) groups excluding carboxylic acids is 2. The van der Waals surface area contributed by atoms with E-state index in [0.717, 1.165) is 5.56 Å². The Morgan fingerprint density at radius 2 is 1.81 bits per heavy atom. The van der Waals surface area contributed by atoms with Crippen LogP contribution in [0.4, 0.5) is 10.1 Å². The minimum Gasteiger partial charge on any atom is -0.493 e. The van der Waals surface area contributed by atoms with Gasteiger partial charge >= 0.3 is 0 Å². The number of ether oxygens (including phenoxy) is 2. The van der Waals surface area contributed by atoms with Gasteiger partial charge in [0.25, 0.3) is 5.91 Å². The first kappa shape index (κ1) is 20.4. The second kappa shape index (κ2) is 8.47. The standard InChI is InChI=1S/C24H21FN2O4/c1-30-20-10-6-9-17(23(20)31-2)24(29)27-14-21(28)26-19-12-11-16(25)13-18(19)22(27)15-7-4-3-5-8-15/h3-13,22H,14H2,1-2H3,(H,26,28)/t22-/m1/s1. The summed E-state index contributed by atoms with van der Waals surface area (Å²) >= 11 is 0. The van der Waals surface area contributed by atoms with E-state index in [1.165, 1.54) is 37.3 Å². The molecular formula is C24H21FN2O4. The maximum Gasteiger partial charge on any atom is 0.259 e. The number of para-hydroxylation sites is 1. The lowest BCUT2D eigenvalue weighted by Gasteiger charge is -2.31. The van der Waals surface area contributed by atoms with E-state index in [1.54, 1.807) is 18.2 Å². The molecule has 3 aromatic rings. The Labute approximate surface area is 179 Å². The Balaban J connectivity index is 1.91. The van der Waals surface area contributed by atoms with Crippen molar-refractivity contribution in [1.82, 2.24) is 4.90 Å². The minimum absolute atomic E-state index is 0.213. The fourth-order valence-electron chi connectivity index (χ4n) is 3.87. The summed E-state index contributed by atoms with van der Waals surface area (Å²) in [5.41, 5.74) is 1.96. The zero-order chi connectivity index (χ0) is 22.0. The number of nitrogens with one attached hydrogen (secondary N) is 1. The first-order valence-corrected chi connectivity index (χ1v) is 9.69. The number of nitrogens with zero attached hydrogens (tertiary/aromatic N) is 1. The van der Waals surface area contributed by atoms with E-state index in [4.69, 9.17) is 9.47 Å². The van der Waals surface area contributed by atoms with Gasteiger partial charge in [0.1, 0.15) is 12.4 Å². The zero-order valence-corrected chi connectivity index (χ0v) is 17.1. The van der Waals surface area contributed by atoms with E-state index in [-0.39, 0.29) is 23.8 Å². The van der Waals surface area contributed by atoms with Crippen molar-refractivity contribution < 1.29 is 23.5 Å². The Morgan fingerprint density at radius 1 is 1.03 bits per heavy atom. The van der Waals surface area contributed by atoms with Crippen molar-refractivity contribution in [3.8, 4) is 11.5 Å². The van der Waals surface area contributed by atoms with E-state index < -0.39 is 17.8 Å². The summed E-state index contributed by atoms with van der Waals surface area (Å²) in [5, 5.41) is 2.78. The molecule has 1 heterocycles. The zero-order valence-electron chi connectivity index (χ0n) is 17.1. The number of anilines is 1. The summed E-state index contributed by atoms with van der Waals surface area (Å²) < 4.78 is 25.0. The van der Waals surface area contributed by atoms with Crippen LogP contribution in [0.2, 0.25) is 0 Å². The number of fused-ring (bicyclic) bond motifs is 1. The smallest absolute Gasteiger partial charge is 0.259 e. The summed E-state index contributed by atoms with van der Waals surface area (Å²) in [6.07, 6.45) is 0. The third-order valence-electron chi connectivity index (χ3n) is 5.22. The molecule has 0 radical (unpaired) electrons. The summed E-state index contributed by atoms with van der Waals surface area (Å²) in [4.78, 5) is 27.8. The molecule has 1 aliphatic rings. The number of hydrogen-bond donors (Lipinski definition) is 1. The van der Waals surface area contributed by atoms with Gasteiger partial charge in [-0.15, -0.1) is 0 Å². The fourth-order valence-corrected chi connectivity index (χ4v) is 3.87. The van der Waals surface area contributed by atoms with Crippen molar-refractivity contribution in [2.75, 3.05) is 26.1 Å². The molecule has 31 heavy (non-hydrogen) atoms. The molecule has 1 N–H and O–H groups in total. The number of carbonyl (C=O) groups is 2. The molecule has 0 saturated heterocycles. The van der Waals surface area contributed by atoms with Crippen molar-refractivity contribution in [3.63, 3.8) is 0 Å². The average molecular weight is 420 g/mol. The molecule has 0 spiro atoms. The lowest BCUT2D eigenvalue weighted by Crippen LogP contribution is -2.39. The molecule has 1 atom stereocenters. The third kappa shape index (κ3) is 3.82. The molecule has 3 aromatic carbocycles. The molecule has 2 amide bonds. The minimum atomic E-state index is -0.686. The molecule has 7 heteroatoms. The Hall–Kier alpha value is -3.87. The maximum atomic E-state index is 14.2. The largest absolute Gasteiger partial charge is 0.493 e. The van der Waals surface area contributed by atoms with Crippen LogP contribution in [-0.2, 0) is 4.79 Å². The second-order valence-electron chi connectivity index (χ2n) is 7.07. The van der Waals surface area contributed by atoms with Gasteiger partial charge < -0.3 is 19.7 Å². The molecule has 0 aromatic heterocycles. The highest BCUT2D eigenvalue weighted by molar-refractivity contribution is 6.03. The number of rotatable bonds is 4. The predicted molar refractivity (Wildman–Crippen MR) is 114 cm³/mol. The van der Waals surface area contributed by atoms with Crippen molar-refractivity contribution in [2.45, 2.75) is 6.04 Å². The molecule has 6 nitrogen and oxygen atoms in total. The summed E-state index contributed by atoms with van der Waals surface area (Å²) in [6, 6.07) is 17.7. The lowest BCUT2D eigenvalue weighted by molar-refractivity contribution is -0.117. The van der Waals surface area contributed by atoms with Crippen LogP contribution in [0.3, 0.4) is 0 Å². The van der Waals surface area contributed by atoms with E-state index in [2.05, 4.69) is 5.32 Å². The van der Waals surface area contributed by atoms with Crippen molar-refractivity contribution in [2.24, 2.45) is 0 Å². The van der Waals surface area contributed by atoms with Gasteiger partial charge in [0.15, 0.2) is 11.5 Å². The van der Waals surface area contributed by atoms with Gasteiger partial charge in [-0.1, -0.05) is 36.4 Å². The number of benzene rings is 3. The summed E-state index contributed by atoms with van der Waals surface area (Å²) in [6.45, 7) is -0.213. The lowest BCUT2D eigenvalue weighted by atomic mass is 9.95. The van der Waals surface area contributed by atoms with Crippen molar-refractivity contribution in [3.05, 3.63) is 89.2 Å². The van der Waals surface area contributed by atoms with Gasteiger partial charge in [-0.05, 0) is 35.9 Å². The molecule has 0 bridgehead atoms. The SMILES string of the molecule is COc1cccc(C(=O)N2CC(=O)Nc3ccc(F)cc3[C@H]2c2ccccc2)c1OC. The highest BCUT2D eigenvalue weighted by Gasteiger charge is 2.35. The van der Waals surface area contributed by atoms with E-state index in [1.807, 2.05) is 30.3 Å².